The average molecular weight is 493 g/mol. The van der Waals surface area contributed by atoms with Gasteiger partial charge in [0.2, 0.25) is 5.91 Å². The number of nitrogen functional groups attached to an aromatic ring is 2. The highest BCUT2D eigenvalue weighted by Crippen LogP contribution is 2.20. The van der Waals surface area contributed by atoms with Crippen molar-refractivity contribution in [1.82, 2.24) is 19.1 Å². The number of amides is 1. The Morgan fingerprint density at radius 1 is 0.800 bits per heavy atom. The molecule has 0 radical (unpaired) electrons. The van der Waals surface area contributed by atoms with Crippen LogP contribution < -0.4 is 43.8 Å². The van der Waals surface area contributed by atoms with E-state index < -0.39 is 28.4 Å². The molecule has 0 atom stereocenters. The molecule has 0 aliphatic heterocycles. The van der Waals surface area contributed by atoms with E-state index in [0.717, 1.165) is 12.8 Å². The molecule has 35 heavy (non-hydrogen) atoms. The van der Waals surface area contributed by atoms with Gasteiger partial charge in [-0.3, -0.25) is 33.5 Å². The number of aromatic nitrogens is 4. The van der Waals surface area contributed by atoms with Gasteiger partial charge in [-0.2, -0.15) is 0 Å². The Hall–Kier alpha value is -3.77. The average Bonchev–Trinajstić information content (AvgIpc) is 2.78. The summed E-state index contributed by atoms with van der Waals surface area (Å²) < 4.78 is 2.48. The maximum atomic E-state index is 13.4. The molecule has 0 saturated heterocycles. The van der Waals surface area contributed by atoms with Crippen molar-refractivity contribution in [3.05, 3.63) is 41.7 Å². The molecule has 0 aliphatic carbocycles. The van der Waals surface area contributed by atoms with Crippen LogP contribution in [0.15, 0.2) is 19.2 Å². The Bertz CT molecular complexity index is 1270. The molecule has 2 rings (SSSR count). The van der Waals surface area contributed by atoms with Gasteiger partial charge in [0.1, 0.15) is 17.3 Å². The molecule has 194 valence electrons. The highest BCUT2D eigenvalue weighted by molar-refractivity contribution is 5.98. The summed E-state index contributed by atoms with van der Waals surface area (Å²) in [6.45, 7) is 6.20. The van der Waals surface area contributed by atoms with Crippen molar-refractivity contribution in [3.63, 3.8) is 0 Å². The lowest BCUT2D eigenvalue weighted by Crippen LogP contribution is -2.46. The first kappa shape index (κ1) is 27.5. The number of H-pyrrole nitrogens is 2. The van der Waals surface area contributed by atoms with Crippen molar-refractivity contribution in [3.8, 4) is 0 Å². The third-order valence-electron chi connectivity index (χ3n) is 5.67. The van der Waals surface area contributed by atoms with Gasteiger partial charge in [-0.15, -0.1) is 0 Å². The first-order valence-electron chi connectivity index (χ1n) is 11.9. The normalized spacial score (nSPS) is 11.0. The Balaban J connectivity index is 2.50. The van der Waals surface area contributed by atoms with Crippen LogP contribution in [-0.2, 0) is 17.9 Å². The van der Waals surface area contributed by atoms with Crippen LogP contribution in [0.3, 0.4) is 0 Å². The van der Waals surface area contributed by atoms with E-state index in [-0.39, 0.29) is 42.6 Å². The summed E-state index contributed by atoms with van der Waals surface area (Å²) in [4.78, 5) is 70.1. The SMILES string of the molecule is CCCCN(C(=O)CN(C)c1c(N)n(CCCC)c(=O)[nH]c1=O)c1c(N)n(CCC)c(=O)[nH]c1=O. The Morgan fingerprint density at radius 2 is 1.31 bits per heavy atom. The van der Waals surface area contributed by atoms with Crippen LogP contribution in [0.5, 0.6) is 0 Å². The number of nitrogens with two attached hydrogens (primary N) is 2. The summed E-state index contributed by atoms with van der Waals surface area (Å²) in [7, 11) is 1.50. The molecule has 0 spiro atoms. The molecule has 1 amide bonds. The number of anilines is 4. The van der Waals surface area contributed by atoms with E-state index in [1.54, 1.807) is 0 Å². The van der Waals surface area contributed by atoms with Crippen LogP contribution in [0.1, 0.15) is 52.9 Å². The second-order valence-electron chi connectivity index (χ2n) is 8.40. The summed E-state index contributed by atoms with van der Waals surface area (Å²) in [5, 5.41) is 0. The minimum Gasteiger partial charge on any atom is -0.383 e. The Kier molecular flexibility index (Phi) is 9.49. The van der Waals surface area contributed by atoms with E-state index in [0.29, 0.717) is 25.8 Å². The predicted molar refractivity (Wildman–Crippen MR) is 137 cm³/mol. The lowest BCUT2D eigenvalue weighted by Gasteiger charge is -2.27. The number of hydrogen-bond donors (Lipinski definition) is 4. The van der Waals surface area contributed by atoms with Crippen LogP contribution in [0.2, 0.25) is 0 Å². The van der Waals surface area contributed by atoms with Crippen molar-refractivity contribution < 1.29 is 4.79 Å². The second kappa shape index (κ2) is 12.1. The zero-order valence-electron chi connectivity index (χ0n) is 20.8. The standard InChI is InChI=1S/C22H36N8O5/c1-5-8-11-28(16-18(24)29(10-7-3)21(34)26-20(16)33)14(31)13-27(4)15-17(23)30(12-9-6-2)22(35)25-19(15)32/h5-13,23-24H2,1-4H3,(H,25,32,35)(H,26,33,34). The minimum atomic E-state index is -0.766. The highest BCUT2D eigenvalue weighted by Gasteiger charge is 2.26. The third kappa shape index (κ3) is 6.03. The molecule has 2 aromatic rings. The van der Waals surface area contributed by atoms with E-state index in [4.69, 9.17) is 11.5 Å². The molecule has 2 aromatic heterocycles. The van der Waals surface area contributed by atoms with Gasteiger partial charge in [-0.05, 0) is 19.3 Å². The number of unbranched alkanes of at least 4 members (excludes halogenated alkanes) is 2. The summed E-state index contributed by atoms with van der Waals surface area (Å²) in [5.41, 5.74) is 9.44. The number of rotatable bonds is 12. The summed E-state index contributed by atoms with van der Waals surface area (Å²) in [5.74, 6) is -0.667. The predicted octanol–water partition coefficient (Wildman–Crippen LogP) is 0.0306. The minimum absolute atomic E-state index is 0.0256. The quantitative estimate of drug-likeness (QED) is 0.319. The van der Waals surface area contributed by atoms with E-state index >= 15 is 0 Å². The van der Waals surface area contributed by atoms with E-state index in [1.165, 1.54) is 26.0 Å². The molecular formula is C22H36N8O5. The van der Waals surface area contributed by atoms with Gasteiger partial charge in [-0.1, -0.05) is 33.6 Å². The van der Waals surface area contributed by atoms with Crippen LogP contribution in [-0.4, -0.2) is 45.1 Å². The van der Waals surface area contributed by atoms with Crippen molar-refractivity contribution >= 4 is 28.9 Å². The Labute approximate surface area is 202 Å². The number of aromatic amines is 2. The molecule has 0 bridgehead atoms. The fraction of sp³-hybridized carbons (Fsp3) is 0.591. The largest absolute Gasteiger partial charge is 0.383 e. The summed E-state index contributed by atoms with van der Waals surface area (Å²) in [6.07, 6.45) is 3.40. The first-order chi connectivity index (χ1) is 16.6. The fourth-order valence-electron chi connectivity index (χ4n) is 3.81. The van der Waals surface area contributed by atoms with Crippen molar-refractivity contribution in [1.29, 1.82) is 0 Å². The molecule has 13 heteroatoms. The van der Waals surface area contributed by atoms with Crippen molar-refractivity contribution in [2.45, 2.75) is 66.0 Å². The molecule has 0 aliphatic rings. The number of nitrogens with one attached hydrogen (secondary N) is 2. The number of carbonyl (C=O) groups excluding carboxylic acids is 1. The van der Waals surface area contributed by atoms with Crippen LogP contribution >= 0.6 is 0 Å². The molecular weight excluding hydrogens is 456 g/mol. The van der Waals surface area contributed by atoms with Gasteiger partial charge >= 0.3 is 11.4 Å². The van der Waals surface area contributed by atoms with Crippen LogP contribution in [0, 0.1) is 0 Å². The van der Waals surface area contributed by atoms with Gasteiger partial charge in [0.05, 0.1) is 6.54 Å². The molecule has 0 fully saturated rings. The molecule has 0 aromatic carbocycles. The van der Waals surface area contributed by atoms with E-state index in [2.05, 4.69) is 9.97 Å². The van der Waals surface area contributed by atoms with E-state index in [9.17, 15) is 24.0 Å². The summed E-state index contributed by atoms with van der Waals surface area (Å²) >= 11 is 0. The molecule has 0 saturated carbocycles. The van der Waals surface area contributed by atoms with Crippen LogP contribution in [0.4, 0.5) is 23.0 Å². The highest BCUT2D eigenvalue weighted by atomic mass is 16.2. The molecule has 13 nitrogen and oxygen atoms in total. The number of nitrogens with zero attached hydrogens (tertiary/aromatic N) is 4. The zero-order valence-corrected chi connectivity index (χ0v) is 20.8. The zero-order chi connectivity index (χ0) is 26.3. The van der Waals surface area contributed by atoms with Crippen molar-refractivity contribution in [2.24, 2.45) is 0 Å². The van der Waals surface area contributed by atoms with Gasteiger partial charge in [0.15, 0.2) is 5.69 Å². The molecule has 0 unspecified atom stereocenters. The lowest BCUT2D eigenvalue weighted by atomic mass is 10.2. The monoisotopic (exact) mass is 492 g/mol. The Morgan fingerprint density at radius 3 is 1.86 bits per heavy atom. The van der Waals surface area contributed by atoms with Gasteiger partial charge in [0.25, 0.3) is 11.1 Å². The van der Waals surface area contributed by atoms with E-state index in [1.807, 2.05) is 20.8 Å². The van der Waals surface area contributed by atoms with Gasteiger partial charge in [0, 0.05) is 26.7 Å². The summed E-state index contributed by atoms with van der Waals surface area (Å²) in [6, 6.07) is 0. The number of likely N-dealkylation sites (N-methyl/N-ethyl adjacent to an activating group) is 1. The second-order valence-corrected chi connectivity index (χ2v) is 8.40. The van der Waals surface area contributed by atoms with Gasteiger partial charge < -0.3 is 21.3 Å². The fourth-order valence-corrected chi connectivity index (χ4v) is 3.81. The number of hydrogen-bond acceptors (Lipinski definition) is 8. The smallest absolute Gasteiger partial charge is 0.330 e. The molecule has 2 heterocycles. The maximum Gasteiger partial charge on any atom is 0.330 e. The van der Waals surface area contributed by atoms with Crippen LogP contribution in [0.25, 0.3) is 0 Å². The lowest BCUT2D eigenvalue weighted by molar-refractivity contribution is -0.117. The van der Waals surface area contributed by atoms with Gasteiger partial charge in [-0.25, -0.2) is 9.59 Å². The first-order valence-corrected chi connectivity index (χ1v) is 11.9. The topological polar surface area (TPSA) is 185 Å². The maximum absolute atomic E-state index is 13.4. The third-order valence-corrected chi connectivity index (χ3v) is 5.67. The number of carbonyl (C=O) groups is 1. The molecule has 6 N–H and O–H groups in total. The van der Waals surface area contributed by atoms with Crippen molar-refractivity contribution in [2.75, 3.05) is 41.4 Å².